The Hall–Kier alpha value is -1.22. The second kappa shape index (κ2) is 6.27. The number of ether oxygens (including phenoxy) is 1. The van der Waals surface area contributed by atoms with Gasteiger partial charge in [0.2, 0.25) is 10.0 Å². The van der Waals surface area contributed by atoms with Crippen LogP contribution >= 0.6 is 11.6 Å². The van der Waals surface area contributed by atoms with Crippen LogP contribution in [0.15, 0.2) is 23.1 Å². The summed E-state index contributed by atoms with van der Waals surface area (Å²) in [6, 6.07) is 2.18. The molecule has 116 valence electrons. The van der Waals surface area contributed by atoms with Gasteiger partial charge in [0.25, 0.3) is 0 Å². The monoisotopic (exact) mass is 337 g/mol. The first-order valence-corrected chi connectivity index (χ1v) is 7.90. The minimum atomic E-state index is -4.09. The first-order valence-electron chi connectivity index (χ1n) is 6.09. The summed E-state index contributed by atoms with van der Waals surface area (Å²) in [5.41, 5.74) is 0. The zero-order valence-electron chi connectivity index (χ0n) is 10.8. The van der Waals surface area contributed by atoms with Gasteiger partial charge in [-0.1, -0.05) is 11.6 Å². The average Bonchev–Trinajstić information content (AvgIpc) is 2.41. The Kier molecular flexibility index (Phi) is 4.82. The molecule has 0 bridgehead atoms. The molecule has 1 fully saturated rings. The van der Waals surface area contributed by atoms with Crippen molar-refractivity contribution in [1.82, 2.24) is 4.31 Å². The van der Waals surface area contributed by atoms with Crippen LogP contribution in [0.1, 0.15) is 6.42 Å². The summed E-state index contributed by atoms with van der Waals surface area (Å²) in [4.78, 5) is 10.5. The van der Waals surface area contributed by atoms with Gasteiger partial charge in [-0.05, 0) is 18.2 Å². The predicted octanol–water partition coefficient (Wildman–Crippen LogP) is 1.34. The lowest BCUT2D eigenvalue weighted by Gasteiger charge is -2.33. The molecule has 1 aliphatic rings. The third kappa shape index (κ3) is 3.52. The maximum atomic E-state index is 13.3. The molecule has 1 aliphatic heterocycles. The van der Waals surface area contributed by atoms with Gasteiger partial charge in [0.15, 0.2) is 0 Å². The highest BCUT2D eigenvalue weighted by Gasteiger charge is 2.36. The first-order chi connectivity index (χ1) is 9.82. The van der Waals surface area contributed by atoms with Crippen LogP contribution in [0.5, 0.6) is 0 Å². The van der Waals surface area contributed by atoms with Gasteiger partial charge in [0, 0.05) is 6.54 Å². The number of carbonyl (C=O) groups is 1. The zero-order valence-corrected chi connectivity index (χ0v) is 12.4. The number of carboxylic acids is 1. The number of morpholine rings is 1. The number of carboxylic acid groups (broad SMARTS) is 1. The average molecular weight is 338 g/mol. The summed E-state index contributed by atoms with van der Waals surface area (Å²) in [5.74, 6) is -1.88. The third-order valence-electron chi connectivity index (χ3n) is 3.06. The van der Waals surface area contributed by atoms with Crippen LogP contribution in [0.3, 0.4) is 0 Å². The summed E-state index contributed by atoms with van der Waals surface area (Å²) in [5, 5.41) is 8.74. The van der Waals surface area contributed by atoms with Crippen LogP contribution in [0.4, 0.5) is 4.39 Å². The molecule has 1 atom stereocenters. The third-order valence-corrected chi connectivity index (χ3v) is 5.50. The Morgan fingerprint density at radius 2 is 2.24 bits per heavy atom. The fraction of sp³-hybridized carbons (Fsp3) is 0.417. The first kappa shape index (κ1) is 16.2. The second-order valence-corrected chi connectivity index (χ2v) is 6.78. The largest absolute Gasteiger partial charge is 0.481 e. The minimum absolute atomic E-state index is 0.00682. The molecule has 0 spiro atoms. The maximum absolute atomic E-state index is 13.3. The van der Waals surface area contributed by atoms with E-state index in [1.165, 1.54) is 0 Å². The molecule has 0 saturated carbocycles. The van der Waals surface area contributed by atoms with E-state index in [0.717, 1.165) is 22.5 Å². The molecule has 1 heterocycles. The number of aliphatic carboxylic acids is 1. The smallest absolute Gasteiger partial charge is 0.305 e. The molecule has 2 rings (SSSR count). The number of benzene rings is 1. The molecule has 1 N–H and O–H groups in total. The summed E-state index contributed by atoms with van der Waals surface area (Å²) in [6.45, 7) is 0.105. The van der Waals surface area contributed by atoms with Crippen molar-refractivity contribution in [3.8, 4) is 0 Å². The Morgan fingerprint density at radius 3 is 2.90 bits per heavy atom. The van der Waals surface area contributed by atoms with Crippen LogP contribution in [-0.4, -0.2) is 49.6 Å². The van der Waals surface area contributed by atoms with Crippen molar-refractivity contribution in [3.05, 3.63) is 29.0 Å². The molecular formula is C12H13ClFNO5S. The van der Waals surface area contributed by atoms with Crippen LogP contribution in [0.25, 0.3) is 0 Å². The van der Waals surface area contributed by atoms with Crippen molar-refractivity contribution in [2.24, 2.45) is 0 Å². The van der Waals surface area contributed by atoms with Gasteiger partial charge in [-0.3, -0.25) is 4.79 Å². The molecule has 6 nitrogen and oxygen atoms in total. The van der Waals surface area contributed by atoms with Gasteiger partial charge < -0.3 is 9.84 Å². The predicted molar refractivity (Wildman–Crippen MR) is 72.2 cm³/mol. The van der Waals surface area contributed by atoms with Crippen LogP contribution < -0.4 is 0 Å². The normalized spacial score (nSPS) is 20.4. The van der Waals surface area contributed by atoms with E-state index in [4.69, 9.17) is 21.4 Å². The van der Waals surface area contributed by atoms with E-state index in [1.54, 1.807) is 0 Å². The lowest BCUT2D eigenvalue weighted by atomic mass is 10.2. The number of hydrogen-bond acceptors (Lipinski definition) is 4. The van der Waals surface area contributed by atoms with Crippen molar-refractivity contribution >= 4 is 27.6 Å². The molecule has 0 aliphatic carbocycles. The SMILES string of the molecule is O=C(O)CC1COCCN1S(=O)(=O)c1cc(F)ccc1Cl. The maximum Gasteiger partial charge on any atom is 0.305 e. The van der Waals surface area contributed by atoms with Crippen molar-refractivity contribution in [1.29, 1.82) is 0 Å². The number of nitrogens with zero attached hydrogens (tertiary/aromatic N) is 1. The minimum Gasteiger partial charge on any atom is -0.481 e. The molecule has 1 unspecified atom stereocenters. The van der Waals surface area contributed by atoms with E-state index in [2.05, 4.69) is 0 Å². The fourth-order valence-corrected chi connectivity index (χ4v) is 4.20. The lowest BCUT2D eigenvalue weighted by Crippen LogP contribution is -2.49. The molecular weight excluding hydrogens is 325 g/mol. The van der Waals surface area contributed by atoms with E-state index in [9.17, 15) is 17.6 Å². The Bertz CT molecular complexity index is 651. The topological polar surface area (TPSA) is 83.9 Å². The number of rotatable bonds is 4. The molecule has 1 saturated heterocycles. The molecule has 9 heteroatoms. The van der Waals surface area contributed by atoms with E-state index in [0.29, 0.717) is 0 Å². The molecule has 0 amide bonds. The molecule has 0 aromatic heterocycles. The molecule has 1 aromatic carbocycles. The van der Waals surface area contributed by atoms with E-state index < -0.39 is 34.3 Å². The highest BCUT2D eigenvalue weighted by molar-refractivity contribution is 7.89. The van der Waals surface area contributed by atoms with Crippen LogP contribution in [0.2, 0.25) is 5.02 Å². The quantitative estimate of drug-likeness (QED) is 0.896. The molecule has 1 aromatic rings. The van der Waals surface area contributed by atoms with E-state index >= 15 is 0 Å². The summed E-state index contributed by atoms with van der Waals surface area (Å²) < 4.78 is 44.6. The van der Waals surface area contributed by atoms with Gasteiger partial charge in [-0.15, -0.1) is 0 Å². The second-order valence-electron chi connectivity index (χ2n) is 4.52. The number of sulfonamides is 1. The van der Waals surface area contributed by atoms with Gasteiger partial charge in [0.1, 0.15) is 10.7 Å². The highest BCUT2D eigenvalue weighted by atomic mass is 35.5. The van der Waals surface area contributed by atoms with E-state index in [1.807, 2.05) is 0 Å². The van der Waals surface area contributed by atoms with Gasteiger partial charge in [-0.25, -0.2) is 12.8 Å². The van der Waals surface area contributed by atoms with Crippen molar-refractivity contribution < 1.29 is 27.4 Å². The lowest BCUT2D eigenvalue weighted by molar-refractivity contribution is -0.139. The van der Waals surface area contributed by atoms with E-state index in [-0.39, 0.29) is 29.7 Å². The van der Waals surface area contributed by atoms with Crippen molar-refractivity contribution in [2.45, 2.75) is 17.4 Å². The van der Waals surface area contributed by atoms with Gasteiger partial charge in [0.05, 0.1) is 30.7 Å². The fourth-order valence-electron chi connectivity index (χ4n) is 2.12. The number of hydrogen-bond donors (Lipinski definition) is 1. The van der Waals surface area contributed by atoms with Crippen molar-refractivity contribution in [3.63, 3.8) is 0 Å². The summed E-state index contributed by atoms with van der Waals surface area (Å²) in [7, 11) is -4.09. The molecule has 21 heavy (non-hydrogen) atoms. The summed E-state index contributed by atoms with van der Waals surface area (Å²) >= 11 is 5.83. The zero-order chi connectivity index (χ0) is 15.6. The van der Waals surface area contributed by atoms with Crippen LogP contribution in [-0.2, 0) is 19.6 Å². The number of halogens is 2. The Balaban J connectivity index is 2.40. The van der Waals surface area contributed by atoms with Gasteiger partial charge in [-0.2, -0.15) is 4.31 Å². The van der Waals surface area contributed by atoms with Crippen LogP contribution in [0, 0.1) is 5.82 Å². The Morgan fingerprint density at radius 1 is 1.52 bits per heavy atom. The van der Waals surface area contributed by atoms with Crippen molar-refractivity contribution in [2.75, 3.05) is 19.8 Å². The molecule has 0 radical (unpaired) electrons. The highest BCUT2D eigenvalue weighted by Crippen LogP contribution is 2.28. The summed E-state index contributed by atoms with van der Waals surface area (Å²) in [6.07, 6.45) is -0.397. The standard InChI is InChI=1S/C12H13ClFNO5S/c13-10-2-1-8(14)5-11(10)21(18,19)15-3-4-20-7-9(15)6-12(16)17/h1-2,5,9H,3-4,6-7H2,(H,16,17). The Labute approximate surface area is 126 Å². The van der Waals surface area contributed by atoms with Gasteiger partial charge >= 0.3 is 5.97 Å².